The molecule has 0 unspecified atom stereocenters. The lowest BCUT2D eigenvalue weighted by atomic mass is 10.2. The van der Waals surface area contributed by atoms with Gasteiger partial charge in [-0.05, 0) is 18.2 Å². The van der Waals surface area contributed by atoms with Crippen LogP contribution in [0.25, 0.3) is 10.6 Å². The Hall–Kier alpha value is -2.12. The van der Waals surface area contributed by atoms with Gasteiger partial charge in [0.15, 0.2) is 11.5 Å². The molecule has 0 spiro atoms. The Morgan fingerprint density at radius 3 is 3.05 bits per heavy atom. The van der Waals surface area contributed by atoms with Gasteiger partial charge in [-0.3, -0.25) is 9.63 Å². The molecule has 1 aliphatic rings. The van der Waals surface area contributed by atoms with Crippen molar-refractivity contribution in [2.24, 2.45) is 0 Å². The number of hydrogen-bond donors (Lipinski definition) is 0. The Kier molecular flexibility index (Phi) is 3.76. The van der Waals surface area contributed by atoms with Crippen LogP contribution in [-0.2, 0) is 16.1 Å². The first-order valence-electron chi connectivity index (χ1n) is 6.32. The first kappa shape index (κ1) is 13.8. The molecule has 1 aromatic heterocycles. The lowest BCUT2D eigenvalue weighted by molar-refractivity contribution is -0.167. The van der Waals surface area contributed by atoms with Crippen molar-refractivity contribution in [1.82, 2.24) is 10.0 Å². The number of ether oxygens (including phenoxy) is 2. The summed E-state index contributed by atoms with van der Waals surface area (Å²) in [6.45, 7) is 0.250. The highest BCUT2D eigenvalue weighted by Crippen LogP contribution is 2.36. The number of benzene rings is 1. The van der Waals surface area contributed by atoms with Gasteiger partial charge in [-0.1, -0.05) is 0 Å². The van der Waals surface area contributed by atoms with E-state index in [4.69, 9.17) is 14.3 Å². The number of nitrogens with zero attached hydrogens (tertiary/aromatic N) is 2. The number of amides is 1. The molecule has 0 bridgehead atoms. The molecule has 110 valence electrons. The monoisotopic (exact) mass is 306 g/mol. The third kappa shape index (κ3) is 2.84. The Morgan fingerprint density at radius 2 is 2.24 bits per heavy atom. The maximum Gasteiger partial charge on any atom is 0.251 e. The Morgan fingerprint density at radius 1 is 1.43 bits per heavy atom. The van der Waals surface area contributed by atoms with E-state index < -0.39 is 0 Å². The summed E-state index contributed by atoms with van der Waals surface area (Å²) in [6.07, 6.45) is 0.214. The molecule has 2 heterocycles. The number of carbonyl (C=O) groups is 1. The summed E-state index contributed by atoms with van der Waals surface area (Å²) in [5.74, 6) is 1.33. The fourth-order valence-electron chi connectivity index (χ4n) is 1.92. The van der Waals surface area contributed by atoms with Gasteiger partial charge in [0.05, 0.1) is 19.2 Å². The average Bonchev–Trinajstić information content (AvgIpc) is 3.14. The van der Waals surface area contributed by atoms with Crippen molar-refractivity contribution in [3.8, 4) is 22.1 Å². The van der Waals surface area contributed by atoms with Crippen LogP contribution < -0.4 is 9.47 Å². The summed E-state index contributed by atoms with van der Waals surface area (Å²) in [6, 6.07) is 5.69. The predicted molar refractivity (Wildman–Crippen MR) is 77.2 cm³/mol. The molecule has 1 amide bonds. The van der Waals surface area contributed by atoms with Gasteiger partial charge in [-0.25, -0.2) is 10.0 Å². The van der Waals surface area contributed by atoms with Crippen molar-refractivity contribution < 1.29 is 19.1 Å². The summed E-state index contributed by atoms with van der Waals surface area (Å²) >= 11 is 1.49. The van der Waals surface area contributed by atoms with Crippen molar-refractivity contribution in [2.75, 3.05) is 21.0 Å². The molecule has 0 atom stereocenters. The number of fused-ring (bicyclic) bond motifs is 1. The van der Waals surface area contributed by atoms with E-state index in [-0.39, 0.29) is 19.1 Å². The lowest BCUT2D eigenvalue weighted by Gasteiger charge is -2.12. The van der Waals surface area contributed by atoms with E-state index >= 15 is 0 Å². The highest BCUT2D eigenvalue weighted by atomic mass is 32.1. The van der Waals surface area contributed by atoms with E-state index in [1.54, 1.807) is 7.05 Å². The van der Waals surface area contributed by atoms with Gasteiger partial charge in [-0.15, -0.1) is 11.3 Å². The largest absolute Gasteiger partial charge is 0.454 e. The second-order valence-electron chi connectivity index (χ2n) is 4.46. The number of aromatic nitrogens is 1. The Labute approximate surface area is 125 Å². The molecule has 6 nitrogen and oxygen atoms in total. The molecule has 1 aromatic carbocycles. The fourth-order valence-corrected chi connectivity index (χ4v) is 2.74. The van der Waals surface area contributed by atoms with Crippen LogP contribution in [0.2, 0.25) is 0 Å². The van der Waals surface area contributed by atoms with Crippen molar-refractivity contribution in [3.63, 3.8) is 0 Å². The summed E-state index contributed by atoms with van der Waals surface area (Å²) < 4.78 is 10.6. The smallest absolute Gasteiger partial charge is 0.251 e. The number of carbonyl (C=O) groups excluding carboxylic acids is 1. The molecule has 7 heteroatoms. The van der Waals surface area contributed by atoms with Crippen LogP contribution in [-0.4, -0.2) is 36.9 Å². The lowest BCUT2D eigenvalue weighted by Crippen LogP contribution is -2.27. The molecule has 0 radical (unpaired) electrons. The summed E-state index contributed by atoms with van der Waals surface area (Å²) in [5.41, 5.74) is 1.67. The highest BCUT2D eigenvalue weighted by Gasteiger charge is 2.16. The number of likely N-dealkylation sites (N-methyl/N-ethyl adjacent to an activating group) is 1. The molecule has 0 aliphatic carbocycles. The number of thiazole rings is 1. The molecule has 3 rings (SSSR count). The molecule has 0 N–H and O–H groups in total. The van der Waals surface area contributed by atoms with Gasteiger partial charge in [0.25, 0.3) is 5.91 Å². The van der Waals surface area contributed by atoms with Crippen LogP contribution in [0, 0.1) is 0 Å². The quantitative estimate of drug-likeness (QED) is 0.810. The van der Waals surface area contributed by atoms with Gasteiger partial charge in [0.1, 0.15) is 5.01 Å². The maximum atomic E-state index is 11.8. The molecule has 21 heavy (non-hydrogen) atoms. The van der Waals surface area contributed by atoms with Gasteiger partial charge < -0.3 is 9.47 Å². The molecular formula is C14H14N2O4S. The van der Waals surface area contributed by atoms with Gasteiger partial charge in [0, 0.05) is 18.0 Å². The van der Waals surface area contributed by atoms with E-state index in [1.807, 2.05) is 23.6 Å². The van der Waals surface area contributed by atoms with Crippen molar-refractivity contribution in [2.45, 2.75) is 6.42 Å². The van der Waals surface area contributed by atoms with Gasteiger partial charge in [-0.2, -0.15) is 0 Å². The van der Waals surface area contributed by atoms with E-state index in [1.165, 1.54) is 23.5 Å². The van der Waals surface area contributed by atoms with Gasteiger partial charge in [0.2, 0.25) is 6.79 Å². The fraction of sp³-hybridized carbons (Fsp3) is 0.286. The summed E-state index contributed by atoms with van der Waals surface area (Å²) in [5, 5.41) is 3.91. The number of rotatable bonds is 4. The van der Waals surface area contributed by atoms with Crippen molar-refractivity contribution >= 4 is 17.2 Å². The molecule has 0 fully saturated rings. The third-order valence-corrected chi connectivity index (χ3v) is 4.07. The third-order valence-electron chi connectivity index (χ3n) is 3.13. The van der Waals surface area contributed by atoms with E-state index in [2.05, 4.69) is 4.98 Å². The summed E-state index contributed by atoms with van der Waals surface area (Å²) in [7, 11) is 3.03. The zero-order chi connectivity index (χ0) is 14.8. The minimum Gasteiger partial charge on any atom is -0.454 e. The zero-order valence-corrected chi connectivity index (χ0v) is 12.5. The highest BCUT2D eigenvalue weighted by molar-refractivity contribution is 7.13. The minimum absolute atomic E-state index is 0.139. The Bertz CT molecular complexity index is 671. The van der Waals surface area contributed by atoms with Crippen LogP contribution >= 0.6 is 11.3 Å². The van der Waals surface area contributed by atoms with E-state index in [0.29, 0.717) is 0 Å². The first-order chi connectivity index (χ1) is 10.2. The van der Waals surface area contributed by atoms with Crippen LogP contribution in [0.15, 0.2) is 23.6 Å². The number of hydrogen-bond acceptors (Lipinski definition) is 6. The van der Waals surface area contributed by atoms with Crippen LogP contribution in [0.3, 0.4) is 0 Å². The predicted octanol–water partition coefficient (Wildman–Crippen LogP) is 2.10. The zero-order valence-electron chi connectivity index (χ0n) is 11.7. The second kappa shape index (κ2) is 5.71. The van der Waals surface area contributed by atoms with Gasteiger partial charge >= 0.3 is 0 Å². The van der Waals surface area contributed by atoms with Crippen LogP contribution in [0.4, 0.5) is 0 Å². The summed E-state index contributed by atoms with van der Waals surface area (Å²) in [4.78, 5) is 21.1. The van der Waals surface area contributed by atoms with Crippen molar-refractivity contribution in [1.29, 1.82) is 0 Å². The number of hydroxylamine groups is 2. The molecule has 0 saturated heterocycles. The van der Waals surface area contributed by atoms with Crippen molar-refractivity contribution in [3.05, 3.63) is 29.3 Å². The topological polar surface area (TPSA) is 60.9 Å². The second-order valence-corrected chi connectivity index (χ2v) is 5.32. The van der Waals surface area contributed by atoms with Crippen LogP contribution in [0.5, 0.6) is 11.5 Å². The van der Waals surface area contributed by atoms with E-state index in [0.717, 1.165) is 27.8 Å². The van der Waals surface area contributed by atoms with Crippen LogP contribution in [0.1, 0.15) is 5.69 Å². The molecule has 1 aliphatic heterocycles. The maximum absolute atomic E-state index is 11.8. The molecular weight excluding hydrogens is 292 g/mol. The normalized spacial score (nSPS) is 12.5. The SMILES string of the molecule is CON(C)C(=O)Cc1csc(-c2ccc3c(c2)OCO3)n1. The first-order valence-corrected chi connectivity index (χ1v) is 7.20. The minimum atomic E-state index is -0.139. The Balaban J connectivity index is 1.77. The van der Waals surface area contributed by atoms with E-state index in [9.17, 15) is 4.79 Å². The molecule has 2 aromatic rings. The molecule has 0 saturated carbocycles. The average molecular weight is 306 g/mol. The standard InChI is InChI=1S/C14H14N2O4S/c1-16(18-2)13(17)6-10-7-21-14(15-10)9-3-4-11-12(5-9)20-8-19-11/h3-5,7H,6,8H2,1-2H3.